The number of likely N-dealkylation sites (N-methyl/N-ethyl adjacent to an activating group) is 1. The van der Waals surface area contributed by atoms with Gasteiger partial charge in [0.2, 0.25) is 0 Å². The molecule has 0 bridgehead atoms. The van der Waals surface area contributed by atoms with E-state index in [1.807, 2.05) is 54.6 Å². The molecule has 6 nitrogen and oxygen atoms in total. The topological polar surface area (TPSA) is 63.2 Å². The highest BCUT2D eigenvalue weighted by Crippen LogP contribution is 2.40. The third kappa shape index (κ3) is 4.55. The number of amides is 1. The molecule has 170 valence electrons. The normalized spacial score (nSPS) is 14.7. The molecule has 1 N–H and O–H groups in total. The summed E-state index contributed by atoms with van der Waals surface area (Å²) in [7, 11) is 3.71. The van der Waals surface area contributed by atoms with E-state index in [4.69, 9.17) is 9.47 Å². The number of methoxy groups -OCH3 is 1. The number of hydrogen-bond acceptors (Lipinski definition) is 5. The number of anilines is 1. The van der Waals surface area contributed by atoms with E-state index in [2.05, 4.69) is 49.3 Å². The Balaban J connectivity index is 1.46. The summed E-state index contributed by atoms with van der Waals surface area (Å²) in [6, 6.07) is 17.7. The van der Waals surface area contributed by atoms with Crippen LogP contribution in [-0.4, -0.2) is 38.4 Å². The second kappa shape index (κ2) is 8.98. The largest absolute Gasteiger partial charge is 0.496 e. The van der Waals surface area contributed by atoms with Crippen LogP contribution in [0.4, 0.5) is 5.69 Å². The van der Waals surface area contributed by atoms with Gasteiger partial charge in [-0.2, -0.15) is 5.10 Å². The van der Waals surface area contributed by atoms with Crippen LogP contribution in [0.1, 0.15) is 31.9 Å². The van der Waals surface area contributed by atoms with E-state index < -0.39 is 0 Å². The molecule has 4 rings (SSSR count). The molecule has 0 aliphatic carbocycles. The zero-order valence-electron chi connectivity index (χ0n) is 19.7. The van der Waals surface area contributed by atoms with Crippen LogP contribution in [0.5, 0.6) is 11.5 Å². The Bertz CT molecular complexity index is 1260. The molecule has 0 fully saturated rings. The maximum absolute atomic E-state index is 12.3. The molecule has 0 saturated carbocycles. The Labute approximate surface area is 194 Å². The smallest absolute Gasteiger partial charge is 0.277 e. The minimum absolute atomic E-state index is 0.0875. The van der Waals surface area contributed by atoms with Crippen LogP contribution in [-0.2, 0) is 4.79 Å². The Kier molecular flexibility index (Phi) is 6.09. The molecule has 0 saturated heterocycles. The van der Waals surface area contributed by atoms with Crippen molar-refractivity contribution in [3.05, 3.63) is 71.8 Å². The summed E-state index contributed by atoms with van der Waals surface area (Å²) in [5, 5.41) is 6.15. The van der Waals surface area contributed by atoms with Crippen LogP contribution < -0.4 is 19.8 Å². The highest BCUT2D eigenvalue weighted by molar-refractivity contribution is 5.92. The first kappa shape index (κ1) is 22.4. The minimum atomic E-state index is -0.339. The summed E-state index contributed by atoms with van der Waals surface area (Å²) in [6.45, 7) is 6.33. The Morgan fingerprint density at radius 2 is 1.88 bits per heavy atom. The second-order valence-electron chi connectivity index (χ2n) is 8.71. The van der Waals surface area contributed by atoms with Gasteiger partial charge in [0.05, 0.1) is 18.9 Å². The number of benzene rings is 3. The van der Waals surface area contributed by atoms with Crippen LogP contribution in [0.15, 0.2) is 65.8 Å². The SMILES string of the molecule is COc1cc2c(cc1/C=N/NC(=O)COc1cccc3ccccc13)C(C)=CC(C)(C)N2C. The van der Waals surface area contributed by atoms with Crippen LogP contribution >= 0.6 is 0 Å². The highest BCUT2D eigenvalue weighted by Gasteiger charge is 2.29. The molecule has 1 aliphatic heterocycles. The number of carbonyl (C=O) groups excluding carboxylic acids is 1. The molecule has 0 unspecified atom stereocenters. The Hall–Kier alpha value is -3.80. The van der Waals surface area contributed by atoms with E-state index in [-0.39, 0.29) is 18.1 Å². The summed E-state index contributed by atoms with van der Waals surface area (Å²) in [5.41, 5.74) is 6.64. The van der Waals surface area contributed by atoms with Gasteiger partial charge in [-0.05, 0) is 43.9 Å². The van der Waals surface area contributed by atoms with Gasteiger partial charge in [-0.1, -0.05) is 42.5 Å². The van der Waals surface area contributed by atoms with Crippen molar-refractivity contribution >= 4 is 34.2 Å². The van der Waals surface area contributed by atoms with Crippen LogP contribution in [0, 0.1) is 0 Å². The van der Waals surface area contributed by atoms with E-state index in [0.29, 0.717) is 11.5 Å². The van der Waals surface area contributed by atoms with E-state index in [1.165, 1.54) is 5.57 Å². The number of ether oxygens (including phenoxy) is 2. The van der Waals surface area contributed by atoms with Crippen molar-refractivity contribution in [2.24, 2.45) is 5.10 Å². The van der Waals surface area contributed by atoms with Crippen molar-refractivity contribution in [1.82, 2.24) is 5.43 Å². The van der Waals surface area contributed by atoms with E-state index in [0.717, 1.165) is 27.6 Å². The van der Waals surface area contributed by atoms with Gasteiger partial charge in [0.1, 0.15) is 11.5 Å². The first-order valence-electron chi connectivity index (χ1n) is 10.9. The molecule has 3 aromatic carbocycles. The van der Waals surface area contributed by atoms with Gasteiger partial charge in [-0.3, -0.25) is 4.79 Å². The van der Waals surface area contributed by atoms with Gasteiger partial charge in [0, 0.05) is 35.3 Å². The third-order valence-corrected chi connectivity index (χ3v) is 6.07. The van der Waals surface area contributed by atoms with Gasteiger partial charge in [0.15, 0.2) is 6.61 Å². The molecule has 0 spiro atoms. The maximum atomic E-state index is 12.3. The molecule has 6 heteroatoms. The molecule has 1 aliphatic rings. The molecule has 1 amide bonds. The molecular formula is C27H29N3O3. The maximum Gasteiger partial charge on any atom is 0.277 e. The lowest BCUT2D eigenvalue weighted by molar-refractivity contribution is -0.123. The molecule has 33 heavy (non-hydrogen) atoms. The first-order valence-corrected chi connectivity index (χ1v) is 10.9. The monoisotopic (exact) mass is 443 g/mol. The fourth-order valence-corrected chi connectivity index (χ4v) is 4.14. The van der Waals surface area contributed by atoms with Crippen molar-refractivity contribution in [3.63, 3.8) is 0 Å². The van der Waals surface area contributed by atoms with E-state index in [9.17, 15) is 4.79 Å². The number of nitrogens with one attached hydrogen (secondary N) is 1. The summed E-state index contributed by atoms with van der Waals surface area (Å²) in [4.78, 5) is 14.5. The number of rotatable bonds is 6. The third-order valence-electron chi connectivity index (χ3n) is 6.07. The molecule has 1 heterocycles. The average Bonchev–Trinajstić information content (AvgIpc) is 2.80. The van der Waals surface area contributed by atoms with Gasteiger partial charge in [0.25, 0.3) is 5.91 Å². The van der Waals surface area contributed by atoms with E-state index >= 15 is 0 Å². The van der Waals surface area contributed by atoms with Crippen LogP contribution in [0.3, 0.4) is 0 Å². The predicted molar refractivity (Wildman–Crippen MR) is 134 cm³/mol. The van der Waals surface area contributed by atoms with Gasteiger partial charge in [-0.15, -0.1) is 0 Å². The molecule has 0 atom stereocenters. The lowest BCUT2D eigenvalue weighted by atomic mass is 9.88. The van der Waals surface area contributed by atoms with Gasteiger partial charge >= 0.3 is 0 Å². The van der Waals surface area contributed by atoms with Crippen molar-refractivity contribution in [2.45, 2.75) is 26.3 Å². The van der Waals surface area contributed by atoms with Crippen molar-refractivity contribution in [1.29, 1.82) is 0 Å². The molecular weight excluding hydrogens is 414 g/mol. The molecule has 0 radical (unpaired) electrons. The minimum Gasteiger partial charge on any atom is -0.496 e. The summed E-state index contributed by atoms with van der Waals surface area (Å²) in [6.07, 6.45) is 3.84. The number of allylic oxidation sites excluding steroid dienone is 1. The standard InChI is InChI=1S/C27H29N3O3/c1-18-15-27(2,3)30(4)23-14-25(32-5)20(13-22(18)23)16-28-29-26(31)17-33-24-12-8-10-19-9-6-7-11-21(19)24/h6-16H,17H2,1-5H3,(H,29,31)/b28-16+. The zero-order valence-corrected chi connectivity index (χ0v) is 19.7. The van der Waals surface area contributed by atoms with Crippen molar-refractivity contribution in [3.8, 4) is 11.5 Å². The molecule has 0 aromatic heterocycles. The lowest BCUT2D eigenvalue weighted by Crippen LogP contribution is -2.42. The number of hydrazone groups is 1. The van der Waals surface area contributed by atoms with Crippen molar-refractivity contribution in [2.75, 3.05) is 25.7 Å². The van der Waals surface area contributed by atoms with Gasteiger partial charge < -0.3 is 14.4 Å². The number of hydrogen-bond donors (Lipinski definition) is 1. The van der Waals surface area contributed by atoms with E-state index in [1.54, 1.807) is 13.3 Å². The van der Waals surface area contributed by atoms with Crippen molar-refractivity contribution < 1.29 is 14.3 Å². The average molecular weight is 444 g/mol. The quantitative estimate of drug-likeness (QED) is 0.430. The highest BCUT2D eigenvalue weighted by atomic mass is 16.5. The second-order valence-corrected chi connectivity index (χ2v) is 8.71. The summed E-state index contributed by atoms with van der Waals surface area (Å²) in [5.74, 6) is 1.02. The zero-order chi connectivity index (χ0) is 23.6. The van der Waals surface area contributed by atoms with Crippen LogP contribution in [0.25, 0.3) is 16.3 Å². The Morgan fingerprint density at radius 1 is 1.12 bits per heavy atom. The number of nitrogens with zero attached hydrogens (tertiary/aromatic N) is 2. The predicted octanol–water partition coefficient (Wildman–Crippen LogP) is 5.01. The fourth-order valence-electron chi connectivity index (χ4n) is 4.14. The summed E-state index contributed by atoms with van der Waals surface area (Å²) < 4.78 is 11.3. The number of fused-ring (bicyclic) bond motifs is 2. The number of carbonyl (C=O) groups is 1. The fraction of sp³-hybridized carbons (Fsp3) is 0.259. The van der Waals surface area contributed by atoms with Crippen LogP contribution in [0.2, 0.25) is 0 Å². The van der Waals surface area contributed by atoms with Gasteiger partial charge in [-0.25, -0.2) is 5.43 Å². The first-order chi connectivity index (χ1) is 15.8. The molecule has 3 aromatic rings. The summed E-state index contributed by atoms with van der Waals surface area (Å²) >= 11 is 0. The Morgan fingerprint density at radius 3 is 2.67 bits per heavy atom. The lowest BCUT2D eigenvalue weighted by Gasteiger charge is -2.40.